The van der Waals surface area contributed by atoms with E-state index in [2.05, 4.69) is 32.7 Å². The minimum Gasteiger partial charge on any atom is -0.396 e. The van der Waals surface area contributed by atoms with Crippen molar-refractivity contribution < 1.29 is 5.11 Å². The van der Waals surface area contributed by atoms with E-state index >= 15 is 0 Å². The lowest BCUT2D eigenvalue weighted by Crippen LogP contribution is -2.14. The minimum absolute atomic E-state index is 0.296. The molecule has 0 radical (unpaired) electrons. The number of hydrogen-bond donors (Lipinski definition) is 2. The summed E-state index contributed by atoms with van der Waals surface area (Å²) in [5, 5.41) is 14.0. The summed E-state index contributed by atoms with van der Waals surface area (Å²) in [5.74, 6) is 0. The zero-order valence-corrected chi connectivity index (χ0v) is 9.83. The lowest BCUT2D eigenvalue weighted by molar-refractivity contribution is 0.283. The molecule has 0 spiro atoms. The van der Waals surface area contributed by atoms with Gasteiger partial charge in [-0.1, -0.05) is 0 Å². The predicted octanol–water partition coefficient (Wildman–Crippen LogP) is 2.37. The summed E-state index contributed by atoms with van der Waals surface area (Å²) in [7, 11) is 0. The topological polar surface area (TPSA) is 32.3 Å². The Morgan fingerprint density at radius 3 is 2.92 bits per heavy atom. The molecule has 0 aliphatic carbocycles. The maximum atomic E-state index is 8.56. The number of aliphatic hydroxyl groups is 1. The highest BCUT2D eigenvalue weighted by Gasteiger charge is 1.99. The van der Waals surface area contributed by atoms with Crippen molar-refractivity contribution in [1.29, 1.82) is 0 Å². The molecule has 0 unspecified atom stereocenters. The van der Waals surface area contributed by atoms with Crippen LogP contribution in [0.1, 0.15) is 17.7 Å². The lowest BCUT2D eigenvalue weighted by atomic mass is 10.3. The second kappa shape index (κ2) is 6.54. The smallest absolute Gasteiger partial charge is 0.0431 e. The second-order valence-corrected chi connectivity index (χ2v) is 4.65. The van der Waals surface area contributed by atoms with E-state index in [0.717, 1.165) is 25.9 Å². The first-order valence-corrected chi connectivity index (χ1v) is 6.05. The van der Waals surface area contributed by atoms with Gasteiger partial charge in [-0.25, -0.2) is 0 Å². The number of thiophene rings is 1. The molecule has 0 bridgehead atoms. The van der Waals surface area contributed by atoms with Gasteiger partial charge in [-0.3, -0.25) is 0 Å². The van der Waals surface area contributed by atoms with Gasteiger partial charge in [0, 0.05) is 22.5 Å². The van der Waals surface area contributed by atoms with Gasteiger partial charge in [-0.2, -0.15) is 0 Å². The Hall–Kier alpha value is 0.100. The standard InChI is InChI=1S/C9H14BrNOS/c10-8-3-6-13-9(8)7-11-4-1-2-5-12/h3,6,11-12H,1-2,4-5,7H2. The molecule has 2 nitrogen and oxygen atoms in total. The lowest BCUT2D eigenvalue weighted by Gasteiger charge is -2.02. The van der Waals surface area contributed by atoms with Gasteiger partial charge in [0.15, 0.2) is 0 Å². The first-order chi connectivity index (χ1) is 6.34. The van der Waals surface area contributed by atoms with E-state index in [1.54, 1.807) is 11.3 Å². The number of unbranched alkanes of at least 4 members (excludes halogenated alkanes) is 1. The normalized spacial score (nSPS) is 10.6. The number of halogens is 1. The molecule has 0 aliphatic rings. The molecule has 4 heteroatoms. The summed E-state index contributed by atoms with van der Waals surface area (Å²) in [4.78, 5) is 1.34. The Balaban J connectivity index is 2.10. The Morgan fingerprint density at radius 2 is 2.31 bits per heavy atom. The quantitative estimate of drug-likeness (QED) is 0.773. The van der Waals surface area contributed by atoms with Crippen LogP contribution in [0.5, 0.6) is 0 Å². The van der Waals surface area contributed by atoms with Gasteiger partial charge in [0.2, 0.25) is 0 Å². The van der Waals surface area contributed by atoms with Crippen LogP contribution in [0.2, 0.25) is 0 Å². The maximum Gasteiger partial charge on any atom is 0.0431 e. The molecule has 74 valence electrons. The van der Waals surface area contributed by atoms with Crippen molar-refractivity contribution in [1.82, 2.24) is 5.32 Å². The van der Waals surface area contributed by atoms with Crippen molar-refractivity contribution in [3.8, 4) is 0 Å². The highest BCUT2D eigenvalue weighted by molar-refractivity contribution is 9.10. The van der Waals surface area contributed by atoms with Crippen LogP contribution >= 0.6 is 27.3 Å². The van der Waals surface area contributed by atoms with Crippen molar-refractivity contribution in [2.45, 2.75) is 19.4 Å². The Bertz CT molecular complexity index is 239. The van der Waals surface area contributed by atoms with Crippen LogP contribution in [0.3, 0.4) is 0 Å². The highest BCUT2D eigenvalue weighted by atomic mass is 79.9. The molecule has 0 saturated heterocycles. The minimum atomic E-state index is 0.296. The third-order valence-electron chi connectivity index (χ3n) is 1.74. The SMILES string of the molecule is OCCCCNCc1sccc1Br. The van der Waals surface area contributed by atoms with Gasteiger partial charge in [-0.05, 0) is 46.8 Å². The summed E-state index contributed by atoms with van der Waals surface area (Å²) < 4.78 is 1.19. The van der Waals surface area contributed by atoms with E-state index in [1.165, 1.54) is 9.35 Å². The van der Waals surface area contributed by atoms with Crippen molar-refractivity contribution in [2.24, 2.45) is 0 Å². The van der Waals surface area contributed by atoms with E-state index < -0.39 is 0 Å². The fourth-order valence-electron chi connectivity index (χ4n) is 1.01. The Morgan fingerprint density at radius 1 is 1.46 bits per heavy atom. The van der Waals surface area contributed by atoms with Gasteiger partial charge in [0.25, 0.3) is 0 Å². The van der Waals surface area contributed by atoms with E-state index in [-0.39, 0.29) is 0 Å². The summed E-state index contributed by atoms with van der Waals surface area (Å²) in [6.07, 6.45) is 1.93. The number of nitrogens with one attached hydrogen (secondary N) is 1. The molecule has 0 aromatic carbocycles. The van der Waals surface area contributed by atoms with Crippen molar-refractivity contribution in [2.75, 3.05) is 13.2 Å². The zero-order chi connectivity index (χ0) is 9.52. The van der Waals surface area contributed by atoms with Crippen molar-refractivity contribution in [3.63, 3.8) is 0 Å². The molecular weight excluding hydrogens is 250 g/mol. The van der Waals surface area contributed by atoms with Crippen LogP contribution in [0.4, 0.5) is 0 Å². The van der Waals surface area contributed by atoms with Crippen LogP contribution < -0.4 is 5.32 Å². The summed E-state index contributed by atoms with van der Waals surface area (Å²) in [6.45, 7) is 2.19. The van der Waals surface area contributed by atoms with Gasteiger partial charge in [0.1, 0.15) is 0 Å². The molecule has 2 N–H and O–H groups in total. The van der Waals surface area contributed by atoms with Crippen LogP contribution in [0, 0.1) is 0 Å². The first kappa shape index (κ1) is 11.2. The largest absolute Gasteiger partial charge is 0.396 e. The molecule has 1 rings (SSSR count). The molecule has 0 saturated carbocycles. The molecule has 0 fully saturated rings. The highest BCUT2D eigenvalue weighted by Crippen LogP contribution is 2.21. The van der Waals surface area contributed by atoms with Crippen LogP contribution in [0.15, 0.2) is 15.9 Å². The fourth-order valence-corrected chi connectivity index (χ4v) is 2.48. The molecule has 0 amide bonds. The second-order valence-electron chi connectivity index (χ2n) is 2.80. The Labute approximate surface area is 91.1 Å². The molecule has 13 heavy (non-hydrogen) atoms. The Kier molecular flexibility index (Phi) is 5.62. The summed E-state index contributed by atoms with van der Waals surface area (Å²) in [5.41, 5.74) is 0. The zero-order valence-electron chi connectivity index (χ0n) is 7.42. The number of rotatable bonds is 6. The van der Waals surface area contributed by atoms with E-state index in [1.807, 2.05) is 0 Å². The fraction of sp³-hybridized carbons (Fsp3) is 0.556. The molecular formula is C9H14BrNOS. The van der Waals surface area contributed by atoms with Gasteiger partial charge >= 0.3 is 0 Å². The third-order valence-corrected chi connectivity index (χ3v) is 3.66. The van der Waals surface area contributed by atoms with E-state index in [4.69, 9.17) is 5.11 Å². The average molecular weight is 264 g/mol. The average Bonchev–Trinajstić information content (AvgIpc) is 2.52. The van der Waals surface area contributed by atoms with E-state index in [9.17, 15) is 0 Å². The molecule has 0 aliphatic heterocycles. The monoisotopic (exact) mass is 263 g/mol. The molecule has 0 atom stereocenters. The van der Waals surface area contributed by atoms with Crippen LogP contribution in [-0.2, 0) is 6.54 Å². The third kappa shape index (κ3) is 4.22. The summed E-state index contributed by atoms with van der Waals surface area (Å²) in [6, 6.07) is 2.06. The maximum absolute atomic E-state index is 8.56. The van der Waals surface area contributed by atoms with Crippen molar-refractivity contribution in [3.05, 3.63) is 20.8 Å². The number of aliphatic hydroxyl groups excluding tert-OH is 1. The van der Waals surface area contributed by atoms with E-state index in [0.29, 0.717) is 6.61 Å². The molecule has 1 aromatic rings. The van der Waals surface area contributed by atoms with Gasteiger partial charge < -0.3 is 10.4 Å². The predicted molar refractivity (Wildman–Crippen MR) is 60.0 cm³/mol. The first-order valence-electron chi connectivity index (χ1n) is 4.38. The summed E-state index contributed by atoms with van der Waals surface area (Å²) >= 11 is 5.23. The molecule has 1 heterocycles. The van der Waals surface area contributed by atoms with Gasteiger partial charge in [0.05, 0.1) is 0 Å². The van der Waals surface area contributed by atoms with Crippen molar-refractivity contribution >= 4 is 27.3 Å². The number of hydrogen-bond acceptors (Lipinski definition) is 3. The van der Waals surface area contributed by atoms with Crippen LogP contribution in [0.25, 0.3) is 0 Å². The van der Waals surface area contributed by atoms with Crippen LogP contribution in [-0.4, -0.2) is 18.3 Å². The van der Waals surface area contributed by atoms with Gasteiger partial charge in [-0.15, -0.1) is 11.3 Å². The molecule has 1 aromatic heterocycles.